The Morgan fingerprint density at radius 2 is 1.72 bits per heavy atom. The molecule has 1 aliphatic carbocycles. The molecule has 0 heterocycles. The minimum atomic E-state index is -3.38. The Balaban J connectivity index is 1.71. The lowest BCUT2D eigenvalue weighted by atomic mass is 9.79. The molecule has 2 N–H and O–H groups in total. The Kier molecular flexibility index (Phi) is 8.82. The molecule has 0 aromatic heterocycles. The van der Waals surface area contributed by atoms with E-state index >= 15 is 0 Å². The van der Waals surface area contributed by atoms with Gasteiger partial charge in [-0.25, -0.2) is 12.8 Å². The number of rotatable bonds is 10. The molecule has 2 aromatic carbocycles. The van der Waals surface area contributed by atoms with Gasteiger partial charge in [0.05, 0.1) is 6.26 Å². The number of hydrogen-bond acceptors (Lipinski definition) is 4. The van der Waals surface area contributed by atoms with Crippen molar-refractivity contribution in [3.63, 3.8) is 0 Å². The highest BCUT2D eigenvalue weighted by Crippen LogP contribution is 2.37. The maximum Gasteiger partial charge on any atom is 0.211 e. The van der Waals surface area contributed by atoms with E-state index < -0.39 is 10.0 Å². The van der Waals surface area contributed by atoms with Gasteiger partial charge in [-0.2, -0.15) is 4.31 Å². The molecule has 7 heteroatoms. The molecule has 0 aliphatic heterocycles. The molecular formula is C25H35FN2O3S. The summed E-state index contributed by atoms with van der Waals surface area (Å²) in [5.41, 5.74) is 4.67. The predicted octanol–water partition coefficient (Wildman–Crippen LogP) is 3.96. The Labute approximate surface area is 191 Å². The first-order valence-corrected chi connectivity index (χ1v) is 13.2. The van der Waals surface area contributed by atoms with Gasteiger partial charge in [0, 0.05) is 25.7 Å². The van der Waals surface area contributed by atoms with Crippen LogP contribution in [0.1, 0.15) is 60.3 Å². The summed E-state index contributed by atoms with van der Waals surface area (Å²) in [4.78, 5) is 0. The number of aryl methyl sites for hydroxylation is 1. The van der Waals surface area contributed by atoms with Crippen molar-refractivity contribution >= 4 is 10.0 Å². The quantitative estimate of drug-likeness (QED) is 0.561. The molecule has 32 heavy (non-hydrogen) atoms. The van der Waals surface area contributed by atoms with Crippen LogP contribution in [0.4, 0.5) is 4.39 Å². The molecule has 5 nitrogen and oxygen atoms in total. The third-order valence-electron chi connectivity index (χ3n) is 6.42. The zero-order valence-electron chi connectivity index (χ0n) is 19.1. The van der Waals surface area contributed by atoms with E-state index in [9.17, 15) is 12.8 Å². The van der Waals surface area contributed by atoms with E-state index in [0.717, 1.165) is 50.6 Å². The highest BCUT2D eigenvalue weighted by atomic mass is 32.2. The number of benzene rings is 2. The lowest BCUT2D eigenvalue weighted by Crippen LogP contribution is -2.41. The molecule has 0 radical (unpaired) electrons. The SMILES string of the molecule is CNCc1cc(CCCO)ccc1C1CCC(N(Cc2ccc(F)cc2)S(C)(=O)=O)CC1. The fraction of sp³-hybridized carbons (Fsp3) is 0.520. The van der Waals surface area contributed by atoms with Crippen molar-refractivity contribution in [3.8, 4) is 0 Å². The lowest BCUT2D eigenvalue weighted by molar-refractivity contribution is 0.235. The van der Waals surface area contributed by atoms with Crippen LogP contribution < -0.4 is 5.32 Å². The molecule has 1 aliphatic rings. The van der Waals surface area contributed by atoms with E-state index in [-0.39, 0.29) is 25.0 Å². The second-order valence-corrected chi connectivity index (χ2v) is 10.8. The summed E-state index contributed by atoms with van der Waals surface area (Å²) >= 11 is 0. The Hall–Kier alpha value is -1.80. The number of halogens is 1. The van der Waals surface area contributed by atoms with Gasteiger partial charge < -0.3 is 10.4 Å². The van der Waals surface area contributed by atoms with Gasteiger partial charge in [0.2, 0.25) is 10.0 Å². The second-order valence-electron chi connectivity index (χ2n) is 8.83. The summed E-state index contributed by atoms with van der Waals surface area (Å²) in [5.74, 6) is 0.0913. The van der Waals surface area contributed by atoms with Crippen LogP contribution in [0.3, 0.4) is 0 Å². The van der Waals surface area contributed by atoms with Crippen molar-refractivity contribution in [2.45, 2.75) is 63.6 Å². The van der Waals surface area contributed by atoms with Gasteiger partial charge in [-0.1, -0.05) is 30.3 Å². The zero-order chi connectivity index (χ0) is 23.1. The molecule has 1 saturated carbocycles. The minimum Gasteiger partial charge on any atom is -0.396 e. The maximum atomic E-state index is 13.2. The van der Waals surface area contributed by atoms with Crippen molar-refractivity contribution in [2.75, 3.05) is 19.9 Å². The lowest BCUT2D eigenvalue weighted by Gasteiger charge is -2.36. The topological polar surface area (TPSA) is 69.6 Å². The molecule has 0 unspecified atom stereocenters. The summed E-state index contributed by atoms with van der Waals surface area (Å²) in [7, 11) is -1.43. The second kappa shape index (κ2) is 11.4. The maximum absolute atomic E-state index is 13.2. The van der Waals surface area contributed by atoms with Crippen LogP contribution in [0.15, 0.2) is 42.5 Å². The fourth-order valence-corrected chi connectivity index (χ4v) is 5.94. The normalized spacial score (nSPS) is 19.4. The van der Waals surface area contributed by atoms with Crippen molar-refractivity contribution in [2.24, 2.45) is 0 Å². The largest absolute Gasteiger partial charge is 0.396 e. The average molecular weight is 463 g/mol. The highest BCUT2D eigenvalue weighted by molar-refractivity contribution is 7.88. The molecular weight excluding hydrogens is 427 g/mol. The number of aliphatic hydroxyl groups excluding tert-OH is 1. The summed E-state index contributed by atoms with van der Waals surface area (Å²) in [5, 5.41) is 12.4. The molecule has 2 aromatic rings. The van der Waals surface area contributed by atoms with Crippen LogP contribution in [0, 0.1) is 5.82 Å². The molecule has 0 spiro atoms. The number of hydrogen-bond donors (Lipinski definition) is 2. The van der Waals surface area contributed by atoms with Gasteiger partial charge in [-0.3, -0.25) is 0 Å². The first kappa shape index (κ1) is 24.8. The molecule has 0 bridgehead atoms. The Bertz CT molecular complexity index is 971. The van der Waals surface area contributed by atoms with Gasteiger partial charge in [-0.15, -0.1) is 0 Å². The van der Waals surface area contributed by atoms with E-state index in [0.29, 0.717) is 5.92 Å². The smallest absolute Gasteiger partial charge is 0.211 e. The van der Waals surface area contributed by atoms with Gasteiger partial charge in [0.15, 0.2) is 0 Å². The van der Waals surface area contributed by atoms with Gasteiger partial charge >= 0.3 is 0 Å². The van der Waals surface area contributed by atoms with E-state index in [1.165, 1.54) is 35.1 Å². The highest BCUT2D eigenvalue weighted by Gasteiger charge is 2.32. The molecule has 3 rings (SSSR count). The number of nitrogens with one attached hydrogen (secondary N) is 1. The van der Waals surface area contributed by atoms with Crippen LogP contribution in [0.2, 0.25) is 0 Å². The molecule has 0 atom stereocenters. The number of sulfonamides is 1. The van der Waals surface area contributed by atoms with E-state index in [4.69, 9.17) is 5.11 Å². The van der Waals surface area contributed by atoms with E-state index in [2.05, 4.69) is 23.5 Å². The minimum absolute atomic E-state index is 0.0390. The monoisotopic (exact) mass is 462 g/mol. The third kappa shape index (κ3) is 6.61. The first-order chi connectivity index (χ1) is 15.3. The van der Waals surface area contributed by atoms with Crippen LogP contribution in [-0.2, 0) is 29.5 Å². The van der Waals surface area contributed by atoms with Crippen molar-refractivity contribution in [1.82, 2.24) is 9.62 Å². The van der Waals surface area contributed by atoms with E-state index in [1.807, 2.05) is 7.05 Å². The Morgan fingerprint density at radius 3 is 2.31 bits per heavy atom. The van der Waals surface area contributed by atoms with Crippen LogP contribution >= 0.6 is 0 Å². The van der Waals surface area contributed by atoms with Crippen molar-refractivity contribution < 1.29 is 17.9 Å². The van der Waals surface area contributed by atoms with Crippen molar-refractivity contribution in [3.05, 3.63) is 70.5 Å². The van der Waals surface area contributed by atoms with Crippen molar-refractivity contribution in [1.29, 1.82) is 0 Å². The summed E-state index contributed by atoms with van der Waals surface area (Å²) < 4.78 is 39.9. The Morgan fingerprint density at radius 1 is 1.06 bits per heavy atom. The summed E-state index contributed by atoms with van der Waals surface area (Å²) in [6.07, 6.45) is 6.39. The molecule has 0 saturated heterocycles. The molecule has 0 amide bonds. The van der Waals surface area contributed by atoms with Gasteiger partial charge in [-0.05, 0) is 85.9 Å². The predicted molar refractivity (Wildman–Crippen MR) is 126 cm³/mol. The van der Waals surface area contributed by atoms with Crippen LogP contribution in [0.5, 0.6) is 0 Å². The van der Waals surface area contributed by atoms with Crippen LogP contribution in [0.25, 0.3) is 0 Å². The summed E-state index contributed by atoms with van der Waals surface area (Å²) in [6, 6.07) is 12.6. The average Bonchev–Trinajstić information content (AvgIpc) is 2.77. The molecule has 1 fully saturated rings. The number of aliphatic hydroxyl groups is 1. The standard InChI is InChI=1S/C25H35FN2O3S/c1-27-17-22-16-19(4-3-15-29)7-14-25(22)21-8-12-24(13-9-21)28(32(2,30)31)18-20-5-10-23(26)11-6-20/h5-7,10-11,14,16,21,24,27,29H,3-4,8-9,12-13,15,17-18H2,1-2H3. The van der Waals surface area contributed by atoms with Crippen LogP contribution in [-0.4, -0.2) is 43.8 Å². The fourth-order valence-electron chi connectivity index (χ4n) is 4.80. The van der Waals surface area contributed by atoms with E-state index in [1.54, 1.807) is 16.4 Å². The zero-order valence-corrected chi connectivity index (χ0v) is 19.9. The number of nitrogens with zero attached hydrogens (tertiary/aromatic N) is 1. The first-order valence-electron chi connectivity index (χ1n) is 11.4. The van der Waals surface area contributed by atoms with Gasteiger partial charge in [0.1, 0.15) is 5.82 Å². The third-order valence-corrected chi connectivity index (χ3v) is 7.70. The summed E-state index contributed by atoms with van der Waals surface area (Å²) in [6.45, 7) is 1.27. The molecule has 176 valence electrons. The van der Waals surface area contributed by atoms with Gasteiger partial charge in [0.25, 0.3) is 0 Å².